The van der Waals surface area contributed by atoms with Crippen LogP contribution in [-0.2, 0) is 12.3 Å². The normalized spacial score (nSPS) is 22.0. The molecule has 7 N–H and O–H groups in total. The number of piperidine rings is 1. The Labute approximate surface area is 196 Å². The molecule has 4 rings (SSSR count). The highest BCUT2D eigenvalue weighted by Crippen LogP contribution is 2.57. The van der Waals surface area contributed by atoms with E-state index < -0.39 is 35.4 Å². The molecule has 10 heteroatoms. The van der Waals surface area contributed by atoms with Gasteiger partial charge in [0, 0.05) is 41.6 Å². The number of likely N-dealkylation sites (tertiary alicyclic amines) is 1. The summed E-state index contributed by atoms with van der Waals surface area (Å²) in [7, 11) is 2.57. The van der Waals surface area contributed by atoms with Gasteiger partial charge in [-0.2, -0.15) is 0 Å². The second-order valence-electron chi connectivity index (χ2n) is 8.96. The zero-order chi connectivity index (χ0) is 24.8. The summed E-state index contributed by atoms with van der Waals surface area (Å²) in [4.78, 5) is 1.45. The fourth-order valence-corrected chi connectivity index (χ4v) is 5.33. The number of hydrogen-bond acceptors (Lipinski definition) is 10. The Morgan fingerprint density at radius 1 is 0.882 bits per heavy atom. The first-order valence-electron chi connectivity index (χ1n) is 11.1. The van der Waals surface area contributed by atoms with Crippen LogP contribution >= 0.6 is 0 Å². The van der Waals surface area contributed by atoms with Gasteiger partial charge in [0.2, 0.25) is 11.5 Å². The maximum Gasteiger partial charge on any atom is 0.253 e. The Bertz CT molecular complexity index is 1030. The maximum atomic E-state index is 11.1. The lowest BCUT2D eigenvalue weighted by Crippen LogP contribution is -2.55. The lowest BCUT2D eigenvalue weighted by Gasteiger charge is -2.45. The number of fused-ring (bicyclic) bond motifs is 1. The minimum atomic E-state index is -2.36. The Balaban J connectivity index is 1.54. The molecule has 10 nitrogen and oxygen atoms in total. The quantitative estimate of drug-likeness (QED) is 0.230. The van der Waals surface area contributed by atoms with Gasteiger partial charge in [-0.15, -0.1) is 0 Å². The summed E-state index contributed by atoms with van der Waals surface area (Å²) in [6, 6.07) is 8.36. The molecule has 0 bridgehead atoms. The summed E-state index contributed by atoms with van der Waals surface area (Å²) in [5.74, 6) is -7.43. The number of aromatic hydroxyl groups is 2. The number of phenols is 2. The van der Waals surface area contributed by atoms with E-state index in [1.54, 1.807) is 30.3 Å². The van der Waals surface area contributed by atoms with Crippen LogP contribution in [0.1, 0.15) is 35.6 Å². The van der Waals surface area contributed by atoms with Gasteiger partial charge in [0.05, 0.1) is 20.3 Å². The molecule has 34 heavy (non-hydrogen) atoms. The van der Waals surface area contributed by atoms with E-state index in [1.807, 2.05) is 0 Å². The highest BCUT2D eigenvalue weighted by molar-refractivity contribution is 5.68. The number of nitrogens with zero attached hydrogens (tertiary/aromatic N) is 1. The van der Waals surface area contributed by atoms with Gasteiger partial charge in [0.1, 0.15) is 0 Å². The molecule has 2 aliphatic rings. The SMILES string of the molecule is COc1c(O)c2c(c(O)c1OC)C(O)C(C(O)(O)C1CCN(C(O)(O)c3ccccc3)CC1)C2. The van der Waals surface area contributed by atoms with E-state index in [2.05, 4.69) is 0 Å². The molecule has 2 atom stereocenters. The molecule has 186 valence electrons. The van der Waals surface area contributed by atoms with Crippen LogP contribution in [0.4, 0.5) is 0 Å². The highest BCUT2D eigenvalue weighted by Gasteiger charge is 2.53. The number of rotatable bonds is 6. The number of hydrogen-bond donors (Lipinski definition) is 7. The van der Waals surface area contributed by atoms with Gasteiger partial charge in [-0.25, -0.2) is 4.90 Å². The summed E-state index contributed by atoms with van der Waals surface area (Å²) >= 11 is 0. The van der Waals surface area contributed by atoms with Gasteiger partial charge in [-0.1, -0.05) is 30.3 Å². The van der Waals surface area contributed by atoms with Gasteiger partial charge in [-0.05, 0) is 19.3 Å². The molecule has 1 heterocycles. The third-order valence-electron chi connectivity index (χ3n) is 7.26. The Kier molecular flexibility index (Phi) is 6.40. The average molecular weight is 478 g/mol. The smallest absolute Gasteiger partial charge is 0.253 e. The van der Waals surface area contributed by atoms with E-state index in [9.17, 15) is 35.7 Å². The largest absolute Gasteiger partial charge is 0.504 e. The first-order valence-corrected chi connectivity index (χ1v) is 11.1. The van der Waals surface area contributed by atoms with Gasteiger partial charge >= 0.3 is 0 Å². The van der Waals surface area contributed by atoms with E-state index in [0.29, 0.717) is 5.56 Å². The highest BCUT2D eigenvalue weighted by atomic mass is 16.5. The van der Waals surface area contributed by atoms with Crippen molar-refractivity contribution in [2.75, 3.05) is 27.3 Å². The van der Waals surface area contributed by atoms with Crippen molar-refractivity contribution < 1.29 is 45.2 Å². The number of methoxy groups -OCH3 is 2. The lowest BCUT2D eigenvalue weighted by molar-refractivity contribution is -0.298. The monoisotopic (exact) mass is 477 g/mol. The molecular formula is C24H31NO9. The second-order valence-corrected chi connectivity index (χ2v) is 8.96. The van der Waals surface area contributed by atoms with Crippen LogP contribution < -0.4 is 9.47 Å². The summed E-state index contributed by atoms with van der Waals surface area (Å²) < 4.78 is 10.2. The van der Waals surface area contributed by atoms with Crippen molar-refractivity contribution in [2.24, 2.45) is 11.8 Å². The summed E-state index contributed by atoms with van der Waals surface area (Å²) in [5.41, 5.74) is 0.438. The zero-order valence-electron chi connectivity index (χ0n) is 19.0. The minimum absolute atomic E-state index is 0.0288. The van der Waals surface area contributed by atoms with Crippen LogP contribution in [0.25, 0.3) is 0 Å². The average Bonchev–Trinajstić information content (AvgIpc) is 3.20. The van der Waals surface area contributed by atoms with Crippen LogP contribution in [-0.4, -0.2) is 73.7 Å². The van der Waals surface area contributed by atoms with Crippen LogP contribution in [0.15, 0.2) is 30.3 Å². The Morgan fingerprint density at radius 3 is 2.00 bits per heavy atom. The molecule has 2 unspecified atom stereocenters. The van der Waals surface area contributed by atoms with Crippen molar-refractivity contribution in [1.82, 2.24) is 4.90 Å². The number of benzene rings is 2. The zero-order valence-corrected chi connectivity index (χ0v) is 19.0. The third-order valence-corrected chi connectivity index (χ3v) is 7.26. The number of aliphatic hydroxyl groups is 5. The van der Waals surface area contributed by atoms with Crippen molar-refractivity contribution in [1.29, 1.82) is 0 Å². The van der Waals surface area contributed by atoms with Gasteiger partial charge < -0.3 is 45.2 Å². The van der Waals surface area contributed by atoms with Crippen molar-refractivity contribution in [3.63, 3.8) is 0 Å². The maximum absolute atomic E-state index is 11.1. The standard InChI is InChI=1S/C24H31NO9/c1-33-21-18(26)15-12-16(19(27)17(15)20(28)22(21)34-2)23(29,30)13-8-10-25(11-9-13)24(31,32)14-6-4-3-5-7-14/h3-7,13,16,19,26-32H,8-12H2,1-2H3. The van der Waals surface area contributed by atoms with Gasteiger partial charge in [-0.3, -0.25) is 0 Å². The number of aliphatic hydroxyl groups excluding tert-OH is 1. The molecule has 1 aliphatic heterocycles. The van der Waals surface area contributed by atoms with Gasteiger partial charge in [0.25, 0.3) is 5.91 Å². The molecule has 0 aromatic heterocycles. The Morgan fingerprint density at radius 2 is 1.44 bits per heavy atom. The van der Waals surface area contributed by atoms with E-state index in [0.717, 1.165) is 0 Å². The van der Waals surface area contributed by atoms with Crippen LogP contribution in [0.3, 0.4) is 0 Å². The van der Waals surface area contributed by atoms with Crippen LogP contribution in [0.5, 0.6) is 23.0 Å². The van der Waals surface area contributed by atoms with Crippen LogP contribution in [0.2, 0.25) is 0 Å². The third kappa shape index (κ3) is 3.76. The second kappa shape index (κ2) is 8.88. The predicted molar refractivity (Wildman–Crippen MR) is 119 cm³/mol. The molecule has 2 aromatic rings. The fourth-order valence-electron chi connectivity index (χ4n) is 5.33. The van der Waals surface area contributed by atoms with Crippen molar-refractivity contribution in [3.05, 3.63) is 47.0 Å². The molecule has 1 aliphatic carbocycles. The van der Waals surface area contributed by atoms with Crippen molar-refractivity contribution in [2.45, 2.75) is 37.1 Å². The van der Waals surface area contributed by atoms with E-state index in [-0.39, 0.29) is 60.7 Å². The summed E-state index contributed by atoms with van der Waals surface area (Å²) in [6.45, 7) is 0.340. The number of phenolic OH excluding ortho intramolecular Hbond substituents is 2. The molecule has 1 saturated heterocycles. The summed E-state index contributed by atoms with van der Waals surface area (Å²) in [5, 5.41) is 75.9. The minimum Gasteiger partial charge on any atom is -0.504 e. The van der Waals surface area contributed by atoms with Gasteiger partial charge in [0.15, 0.2) is 17.3 Å². The topological polar surface area (TPSA) is 163 Å². The van der Waals surface area contributed by atoms with E-state index in [4.69, 9.17) is 9.47 Å². The molecule has 1 fully saturated rings. The molecule has 0 amide bonds. The fraction of sp³-hybridized carbons (Fsp3) is 0.500. The van der Waals surface area contributed by atoms with Crippen molar-refractivity contribution >= 4 is 0 Å². The molecule has 0 spiro atoms. The Hall–Kier alpha value is -2.60. The molecule has 0 radical (unpaired) electrons. The number of ether oxygens (including phenoxy) is 2. The van der Waals surface area contributed by atoms with E-state index in [1.165, 1.54) is 19.1 Å². The van der Waals surface area contributed by atoms with Crippen LogP contribution in [0, 0.1) is 11.8 Å². The first kappa shape index (κ1) is 24.5. The lowest BCUT2D eigenvalue weighted by atomic mass is 9.78. The summed E-state index contributed by atoms with van der Waals surface area (Å²) in [6.07, 6.45) is -1.16. The van der Waals surface area contributed by atoms with E-state index >= 15 is 0 Å². The molecule has 0 saturated carbocycles. The molecule has 2 aromatic carbocycles. The molecular weight excluding hydrogens is 446 g/mol. The predicted octanol–water partition coefficient (Wildman–Crippen LogP) is 0.509. The van der Waals surface area contributed by atoms with Crippen molar-refractivity contribution in [3.8, 4) is 23.0 Å². The first-order chi connectivity index (χ1) is 16.1.